The van der Waals surface area contributed by atoms with Gasteiger partial charge in [-0.05, 0) is 25.5 Å². The largest absolute Gasteiger partial charge is 0.376 e. The third-order valence-corrected chi connectivity index (χ3v) is 3.92. The molecule has 3 rings (SSSR count). The molecular weight excluding hydrogens is 266 g/mol. The zero-order chi connectivity index (χ0) is 14.8. The lowest BCUT2D eigenvalue weighted by Crippen LogP contribution is -2.64. The molecule has 5 nitrogen and oxygen atoms in total. The van der Waals surface area contributed by atoms with E-state index in [0.717, 1.165) is 11.8 Å². The van der Waals surface area contributed by atoms with Crippen LogP contribution in [-0.2, 0) is 4.74 Å². The summed E-state index contributed by atoms with van der Waals surface area (Å²) < 4.78 is 5.57. The van der Waals surface area contributed by atoms with Crippen molar-refractivity contribution in [1.29, 1.82) is 0 Å². The van der Waals surface area contributed by atoms with E-state index >= 15 is 0 Å². The molecular formula is C16H19N3O2. The third kappa shape index (κ3) is 2.62. The molecule has 3 N–H and O–H groups in total. The first-order chi connectivity index (χ1) is 10.2. The molecule has 1 heterocycles. The van der Waals surface area contributed by atoms with Crippen LogP contribution in [0.3, 0.4) is 0 Å². The molecule has 1 aliphatic rings. The summed E-state index contributed by atoms with van der Waals surface area (Å²) in [5.74, 6) is -0.149. The van der Waals surface area contributed by atoms with Crippen LogP contribution in [-0.4, -0.2) is 35.7 Å². The standard InChI is InChI=1S/C16H19N3O2/c1-2-21-13-9-12(17)15(13)19-16(20)11-7-3-5-10-6-4-8-18-14(10)11/h3-8,12-13,15H,2,9,17H2,1H3,(H,19,20). The number of benzene rings is 1. The Kier molecular flexibility index (Phi) is 3.86. The first kappa shape index (κ1) is 14.0. The highest BCUT2D eigenvalue weighted by Gasteiger charge is 2.40. The number of pyridine rings is 1. The van der Waals surface area contributed by atoms with Crippen LogP contribution < -0.4 is 11.1 Å². The molecule has 0 saturated heterocycles. The summed E-state index contributed by atoms with van der Waals surface area (Å²) in [6, 6.07) is 9.21. The van der Waals surface area contributed by atoms with Gasteiger partial charge in [0.1, 0.15) is 0 Å². The van der Waals surface area contributed by atoms with Gasteiger partial charge in [0.05, 0.1) is 23.2 Å². The lowest BCUT2D eigenvalue weighted by Gasteiger charge is -2.42. The molecule has 2 aromatic rings. The van der Waals surface area contributed by atoms with Crippen molar-refractivity contribution in [1.82, 2.24) is 10.3 Å². The van der Waals surface area contributed by atoms with Gasteiger partial charge in [0.2, 0.25) is 0 Å². The number of fused-ring (bicyclic) bond motifs is 1. The Balaban J connectivity index is 1.81. The van der Waals surface area contributed by atoms with Gasteiger partial charge in [0.25, 0.3) is 5.91 Å². The van der Waals surface area contributed by atoms with Crippen molar-refractivity contribution in [3.05, 3.63) is 42.1 Å². The van der Waals surface area contributed by atoms with Gasteiger partial charge in [-0.2, -0.15) is 0 Å². The number of para-hydroxylation sites is 1. The first-order valence-electron chi connectivity index (χ1n) is 7.22. The molecule has 1 amide bonds. The van der Waals surface area contributed by atoms with Gasteiger partial charge in [-0.15, -0.1) is 0 Å². The molecule has 3 atom stereocenters. The van der Waals surface area contributed by atoms with Crippen LogP contribution in [0.2, 0.25) is 0 Å². The average molecular weight is 285 g/mol. The Morgan fingerprint density at radius 2 is 2.24 bits per heavy atom. The minimum atomic E-state index is -0.149. The molecule has 110 valence electrons. The molecule has 21 heavy (non-hydrogen) atoms. The van der Waals surface area contributed by atoms with E-state index in [-0.39, 0.29) is 24.1 Å². The van der Waals surface area contributed by atoms with Gasteiger partial charge in [0.15, 0.2) is 0 Å². The molecule has 1 aliphatic carbocycles. The maximum absolute atomic E-state index is 12.5. The highest BCUT2D eigenvalue weighted by atomic mass is 16.5. The van der Waals surface area contributed by atoms with E-state index in [1.807, 2.05) is 31.2 Å². The summed E-state index contributed by atoms with van der Waals surface area (Å²) in [5.41, 5.74) is 7.25. The van der Waals surface area contributed by atoms with Gasteiger partial charge < -0.3 is 15.8 Å². The number of nitrogens with zero attached hydrogens (tertiary/aromatic N) is 1. The number of carbonyl (C=O) groups is 1. The van der Waals surface area contributed by atoms with Crippen molar-refractivity contribution in [2.24, 2.45) is 5.73 Å². The molecule has 3 unspecified atom stereocenters. The number of carbonyl (C=O) groups excluding carboxylic acids is 1. The van der Waals surface area contributed by atoms with Crippen molar-refractivity contribution >= 4 is 16.8 Å². The van der Waals surface area contributed by atoms with E-state index in [1.54, 1.807) is 12.3 Å². The Morgan fingerprint density at radius 1 is 1.43 bits per heavy atom. The smallest absolute Gasteiger partial charge is 0.253 e. The van der Waals surface area contributed by atoms with Crippen molar-refractivity contribution in [3.8, 4) is 0 Å². The normalized spacial score (nSPS) is 24.6. The lowest BCUT2D eigenvalue weighted by atomic mass is 9.83. The van der Waals surface area contributed by atoms with Crippen LogP contribution in [0.4, 0.5) is 0 Å². The van der Waals surface area contributed by atoms with Crippen LogP contribution in [0.15, 0.2) is 36.5 Å². The van der Waals surface area contributed by atoms with Crippen LogP contribution >= 0.6 is 0 Å². The Bertz CT molecular complexity index is 652. The molecule has 0 bridgehead atoms. The van der Waals surface area contributed by atoms with E-state index < -0.39 is 0 Å². The van der Waals surface area contributed by atoms with E-state index in [9.17, 15) is 4.79 Å². The SMILES string of the molecule is CCOC1CC(N)C1NC(=O)c1cccc2cccnc12. The minimum Gasteiger partial charge on any atom is -0.376 e. The Hall–Kier alpha value is -1.98. The van der Waals surface area contributed by atoms with Crippen LogP contribution in [0.25, 0.3) is 10.9 Å². The second-order valence-corrected chi connectivity index (χ2v) is 5.27. The second-order valence-electron chi connectivity index (χ2n) is 5.27. The number of nitrogens with two attached hydrogens (primary N) is 1. The highest BCUT2D eigenvalue weighted by Crippen LogP contribution is 2.24. The maximum atomic E-state index is 12.5. The quantitative estimate of drug-likeness (QED) is 0.891. The minimum absolute atomic E-state index is 0.0110. The second kappa shape index (κ2) is 5.79. The van der Waals surface area contributed by atoms with Gasteiger partial charge in [-0.25, -0.2) is 0 Å². The predicted molar refractivity (Wildman–Crippen MR) is 81.0 cm³/mol. The van der Waals surface area contributed by atoms with Crippen LogP contribution in [0.5, 0.6) is 0 Å². The Morgan fingerprint density at radius 3 is 3.00 bits per heavy atom. The summed E-state index contributed by atoms with van der Waals surface area (Å²) >= 11 is 0. The van der Waals surface area contributed by atoms with Crippen LogP contribution in [0.1, 0.15) is 23.7 Å². The molecule has 5 heteroatoms. The zero-order valence-corrected chi connectivity index (χ0v) is 12.0. The van der Waals surface area contributed by atoms with E-state index in [4.69, 9.17) is 10.5 Å². The molecule has 0 radical (unpaired) electrons. The topological polar surface area (TPSA) is 77.2 Å². The van der Waals surface area contributed by atoms with Crippen LogP contribution in [0, 0.1) is 0 Å². The molecule has 0 aliphatic heterocycles. The number of rotatable bonds is 4. The fourth-order valence-electron chi connectivity index (χ4n) is 2.74. The summed E-state index contributed by atoms with van der Waals surface area (Å²) in [6.07, 6.45) is 2.49. The summed E-state index contributed by atoms with van der Waals surface area (Å²) in [6.45, 7) is 2.57. The number of nitrogens with one attached hydrogen (secondary N) is 1. The van der Waals surface area contributed by atoms with E-state index in [1.165, 1.54) is 0 Å². The fourth-order valence-corrected chi connectivity index (χ4v) is 2.74. The number of ether oxygens (including phenoxy) is 1. The van der Waals surface area contributed by atoms with E-state index in [2.05, 4.69) is 10.3 Å². The van der Waals surface area contributed by atoms with Crippen molar-refractivity contribution < 1.29 is 9.53 Å². The summed E-state index contributed by atoms with van der Waals surface area (Å²) in [7, 11) is 0. The molecule has 1 saturated carbocycles. The molecule has 1 aromatic carbocycles. The lowest BCUT2D eigenvalue weighted by molar-refractivity contribution is -0.0300. The molecule has 0 spiro atoms. The summed E-state index contributed by atoms with van der Waals surface area (Å²) in [4.78, 5) is 16.8. The number of aromatic nitrogens is 1. The molecule has 1 fully saturated rings. The zero-order valence-electron chi connectivity index (χ0n) is 12.0. The van der Waals surface area contributed by atoms with Gasteiger partial charge >= 0.3 is 0 Å². The fraction of sp³-hybridized carbons (Fsp3) is 0.375. The van der Waals surface area contributed by atoms with E-state index in [0.29, 0.717) is 17.7 Å². The monoisotopic (exact) mass is 285 g/mol. The average Bonchev–Trinajstić information content (AvgIpc) is 2.51. The van der Waals surface area contributed by atoms with Crippen molar-refractivity contribution in [3.63, 3.8) is 0 Å². The van der Waals surface area contributed by atoms with Gasteiger partial charge in [0, 0.05) is 24.2 Å². The van der Waals surface area contributed by atoms with Crippen molar-refractivity contribution in [2.75, 3.05) is 6.61 Å². The van der Waals surface area contributed by atoms with Gasteiger partial charge in [-0.3, -0.25) is 9.78 Å². The number of hydrogen-bond donors (Lipinski definition) is 2. The maximum Gasteiger partial charge on any atom is 0.253 e. The van der Waals surface area contributed by atoms with Gasteiger partial charge in [-0.1, -0.05) is 18.2 Å². The van der Waals surface area contributed by atoms with Crippen molar-refractivity contribution in [2.45, 2.75) is 31.5 Å². The third-order valence-electron chi connectivity index (χ3n) is 3.92. The predicted octanol–water partition coefficient (Wildman–Crippen LogP) is 1.47. The first-order valence-corrected chi connectivity index (χ1v) is 7.22. The Labute approximate surface area is 123 Å². The number of hydrogen-bond acceptors (Lipinski definition) is 4. The summed E-state index contributed by atoms with van der Waals surface area (Å²) in [5, 5.41) is 3.93. The highest BCUT2D eigenvalue weighted by molar-refractivity contribution is 6.05. The number of amides is 1. The molecule has 1 aromatic heterocycles.